The third-order valence-corrected chi connectivity index (χ3v) is 4.37. The Morgan fingerprint density at radius 2 is 1.86 bits per heavy atom. The maximum Gasteiger partial charge on any atom is 0.223 e. The molecule has 1 saturated heterocycles. The number of nitrogens with zero attached hydrogens (tertiary/aromatic N) is 1. The lowest BCUT2D eigenvalue weighted by Crippen LogP contribution is -2.30. The SMILES string of the molecule is CCCC1CC(=O)N(CC(O)c2ccc(C(C)C)cc2)C1. The van der Waals surface area contributed by atoms with Gasteiger partial charge in [0.25, 0.3) is 0 Å². The van der Waals surface area contributed by atoms with Gasteiger partial charge in [-0.25, -0.2) is 0 Å². The van der Waals surface area contributed by atoms with Gasteiger partial charge in [-0.1, -0.05) is 51.5 Å². The highest BCUT2D eigenvalue weighted by Crippen LogP contribution is 2.25. The predicted octanol–water partition coefficient (Wildman–Crippen LogP) is 3.49. The summed E-state index contributed by atoms with van der Waals surface area (Å²) in [5.41, 5.74) is 2.16. The second-order valence-electron chi connectivity index (χ2n) is 6.49. The minimum Gasteiger partial charge on any atom is -0.387 e. The van der Waals surface area contributed by atoms with E-state index < -0.39 is 6.10 Å². The fourth-order valence-electron chi connectivity index (χ4n) is 3.05. The molecule has 1 aromatic rings. The highest BCUT2D eigenvalue weighted by atomic mass is 16.3. The first-order chi connectivity index (χ1) is 10.0. The molecule has 21 heavy (non-hydrogen) atoms. The van der Waals surface area contributed by atoms with Crippen molar-refractivity contribution >= 4 is 5.91 Å². The number of aliphatic hydroxyl groups is 1. The molecule has 2 unspecified atom stereocenters. The monoisotopic (exact) mass is 289 g/mol. The van der Waals surface area contributed by atoms with Crippen LogP contribution in [0.2, 0.25) is 0 Å². The largest absolute Gasteiger partial charge is 0.387 e. The third kappa shape index (κ3) is 4.07. The molecule has 3 heteroatoms. The lowest BCUT2D eigenvalue weighted by molar-refractivity contribution is -0.129. The summed E-state index contributed by atoms with van der Waals surface area (Å²) < 4.78 is 0. The van der Waals surface area contributed by atoms with E-state index in [4.69, 9.17) is 0 Å². The van der Waals surface area contributed by atoms with Crippen LogP contribution in [0, 0.1) is 5.92 Å². The fourth-order valence-corrected chi connectivity index (χ4v) is 3.05. The molecule has 1 aliphatic heterocycles. The Balaban J connectivity index is 1.95. The second kappa shape index (κ2) is 7.08. The van der Waals surface area contributed by atoms with Crippen LogP contribution in [0.1, 0.15) is 63.2 Å². The van der Waals surface area contributed by atoms with E-state index in [9.17, 15) is 9.90 Å². The summed E-state index contributed by atoms with van der Waals surface area (Å²) in [4.78, 5) is 13.8. The Kier molecular flexibility index (Phi) is 5.40. The normalized spacial score (nSPS) is 20.3. The highest BCUT2D eigenvalue weighted by molar-refractivity contribution is 5.78. The first-order valence-corrected chi connectivity index (χ1v) is 8.07. The van der Waals surface area contributed by atoms with E-state index in [2.05, 4.69) is 32.9 Å². The van der Waals surface area contributed by atoms with Gasteiger partial charge in [-0.3, -0.25) is 4.79 Å². The van der Waals surface area contributed by atoms with Crippen molar-refractivity contribution in [3.63, 3.8) is 0 Å². The standard InChI is InChI=1S/C18H27NO2/c1-4-5-14-10-18(21)19(11-14)12-17(20)16-8-6-15(7-9-16)13(2)3/h6-9,13-14,17,20H,4-5,10-12H2,1-3H3. The topological polar surface area (TPSA) is 40.5 Å². The lowest BCUT2D eigenvalue weighted by Gasteiger charge is -2.21. The zero-order chi connectivity index (χ0) is 15.4. The zero-order valence-corrected chi connectivity index (χ0v) is 13.4. The summed E-state index contributed by atoms with van der Waals surface area (Å²) in [6.45, 7) is 7.68. The molecule has 3 nitrogen and oxygen atoms in total. The fraction of sp³-hybridized carbons (Fsp3) is 0.611. The number of benzene rings is 1. The average molecular weight is 289 g/mol. The first-order valence-electron chi connectivity index (χ1n) is 8.07. The number of hydrogen-bond donors (Lipinski definition) is 1. The Morgan fingerprint density at radius 3 is 2.43 bits per heavy atom. The van der Waals surface area contributed by atoms with Crippen LogP contribution >= 0.6 is 0 Å². The molecule has 1 aromatic carbocycles. The quantitative estimate of drug-likeness (QED) is 0.871. The Labute approximate surface area is 128 Å². The summed E-state index contributed by atoms with van der Waals surface area (Å²) in [6.07, 6.45) is 2.27. The maximum absolute atomic E-state index is 12.0. The number of β-amino-alcohol motifs (C(OH)–C–C–N with tert-alkyl or cyclic N) is 1. The van der Waals surface area contributed by atoms with Gasteiger partial charge < -0.3 is 10.0 Å². The van der Waals surface area contributed by atoms with E-state index >= 15 is 0 Å². The summed E-state index contributed by atoms with van der Waals surface area (Å²) in [5.74, 6) is 1.15. The molecule has 0 aromatic heterocycles. The van der Waals surface area contributed by atoms with Gasteiger partial charge in [0.1, 0.15) is 0 Å². The molecular weight excluding hydrogens is 262 g/mol. The Morgan fingerprint density at radius 1 is 1.24 bits per heavy atom. The van der Waals surface area contributed by atoms with Gasteiger partial charge in [-0.05, 0) is 29.4 Å². The summed E-state index contributed by atoms with van der Waals surface area (Å²) in [7, 11) is 0. The minimum atomic E-state index is -0.587. The van der Waals surface area contributed by atoms with Crippen molar-refractivity contribution < 1.29 is 9.90 Å². The zero-order valence-electron chi connectivity index (χ0n) is 13.4. The second-order valence-corrected chi connectivity index (χ2v) is 6.49. The molecule has 0 radical (unpaired) electrons. The molecule has 1 heterocycles. The Bertz CT molecular complexity index is 467. The van der Waals surface area contributed by atoms with Gasteiger partial charge in [-0.15, -0.1) is 0 Å². The van der Waals surface area contributed by atoms with E-state index in [-0.39, 0.29) is 5.91 Å². The van der Waals surface area contributed by atoms with Gasteiger partial charge in [-0.2, -0.15) is 0 Å². The number of hydrogen-bond acceptors (Lipinski definition) is 2. The molecule has 1 aliphatic rings. The van der Waals surface area contributed by atoms with Gasteiger partial charge >= 0.3 is 0 Å². The third-order valence-electron chi connectivity index (χ3n) is 4.37. The van der Waals surface area contributed by atoms with Crippen molar-refractivity contribution in [3.05, 3.63) is 35.4 Å². The van der Waals surface area contributed by atoms with Crippen LogP contribution in [-0.2, 0) is 4.79 Å². The van der Waals surface area contributed by atoms with Crippen LogP contribution in [-0.4, -0.2) is 29.0 Å². The molecule has 2 rings (SSSR count). The van der Waals surface area contributed by atoms with Gasteiger partial charge in [0.05, 0.1) is 12.6 Å². The predicted molar refractivity (Wildman–Crippen MR) is 85.1 cm³/mol. The van der Waals surface area contributed by atoms with E-state index in [1.807, 2.05) is 17.0 Å². The number of aliphatic hydroxyl groups excluding tert-OH is 1. The smallest absolute Gasteiger partial charge is 0.223 e. The molecule has 0 aliphatic carbocycles. The molecular formula is C18H27NO2. The van der Waals surface area contributed by atoms with Crippen LogP contribution < -0.4 is 0 Å². The molecule has 0 spiro atoms. The van der Waals surface area contributed by atoms with E-state index in [0.29, 0.717) is 24.8 Å². The van der Waals surface area contributed by atoms with Crippen molar-refractivity contribution in [2.24, 2.45) is 5.92 Å². The molecule has 1 fully saturated rings. The van der Waals surface area contributed by atoms with Crippen molar-refractivity contribution in [3.8, 4) is 0 Å². The van der Waals surface area contributed by atoms with Crippen LogP contribution in [0.25, 0.3) is 0 Å². The lowest BCUT2D eigenvalue weighted by atomic mass is 10.00. The summed E-state index contributed by atoms with van der Waals surface area (Å²) in [5, 5.41) is 10.4. The molecule has 1 N–H and O–H groups in total. The first kappa shape index (κ1) is 16.0. The summed E-state index contributed by atoms with van der Waals surface area (Å²) in [6, 6.07) is 8.08. The molecule has 1 amide bonds. The summed E-state index contributed by atoms with van der Waals surface area (Å²) >= 11 is 0. The number of likely N-dealkylation sites (tertiary alicyclic amines) is 1. The van der Waals surface area contributed by atoms with Crippen molar-refractivity contribution in [1.29, 1.82) is 0 Å². The molecule has 116 valence electrons. The minimum absolute atomic E-state index is 0.186. The number of rotatable bonds is 6. The van der Waals surface area contributed by atoms with E-state index in [1.165, 1.54) is 5.56 Å². The van der Waals surface area contributed by atoms with Crippen molar-refractivity contribution in [2.45, 2.75) is 52.1 Å². The average Bonchev–Trinajstić information content (AvgIpc) is 2.79. The molecule has 2 atom stereocenters. The van der Waals surface area contributed by atoms with E-state index in [0.717, 1.165) is 24.9 Å². The number of carbonyl (C=O) groups is 1. The van der Waals surface area contributed by atoms with Gasteiger partial charge in [0.15, 0.2) is 0 Å². The molecule has 0 bridgehead atoms. The number of carbonyl (C=O) groups excluding carboxylic acids is 1. The van der Waals surface area contributed by atoms with Crippen LogP contribution in [0.4, 0.5) is 0 Å². The molecule has 0 saturated carbocycles. The van der Waals surface area contributed by atoms with Crippen LogP contribution in [0.15, 0.2) is 24.3 Å². The van der Waals surface area contributed by atoms with Crippen LogP contribution in [0.5, 0.6) is 0 Å². The van der Waals surface area contributed by atoms with E-state index in [1.54, 1.807) is 0 Å². The van der Waals surface area contributed by atoms with Crippen LogP contribution in [0.3, 0.4) is 0 Å². The van der Waals surface area contributed by atoms with Crippen molar-refractivity contribution in [2.75, 3.05) is 13.1 Å². The Hall–Kier alpha value is -1.35. The highest BCUT2D eigenvalue weighted by Gasteiger charge is 2.30. The van der Waals surface area contributed by atoms with Gasteiger partial charge in [0, 0.05) is 13.0 Å². The number of amides is 1. The van der Waals surface area contributed by atoms with Crippen molar-refractivity contribution in [1.82, 2.24) is 4.90 Å². The maximum atomic E-state index is 12.0. The van der Waals surface area contributed by atoms with Gasteiger partial charge in [0.2, 0.25) is 5.91 Å².